The molecule has 15 heavy (non-hydrogen) atoms. The van der Waals surface area contributed by atoms with Crippen LogP contribution in [0.1, 0.15) is 36.0 Å². The minimum atomic E-state index is 0.230. The van der Waals surface area contributed by atoms with Crippen molar-refractivity contribution in [1.29, 1.82) is 0 Å². The first-order valence-corrected chi connectivity index (χ1v) is 6.61. The van der Waals surface area contributed by atoms with Crippen LogP contribution in [0.4, 0.5) is 0 Å². The van der Waals surface area contributed by atoms with Gasteiger partial charge in [-0.3, -0.25) is 4.79 Å². The first-order valence-electron chi connectivity index (χ1n) is 5.15. The molecule has 0 N–H and O–H groups in total. The number of hydrogen-bond acceptors (Lipinski definition) is 1. The van der Waals surface area contributed by atoms with E-state index in [1.807, 2.05) is 12.1 Å². The average Bonchev–Trinajstić information content (AvgIpc) is 3.02. The van der Waals surface area contributed by atoms with Crippen LogP contribution >= 0.6 is 34.2 Å². The second-order valence-corrected chi connectivity index (χ2v) is 5.63. The summed E-state index contributed by atoms with van der Waals surface area (Å²) in [5.74, 6) is 1.04. The number of benzene rings is 1. The van der Waals surface area contributed by atoms with Crippen LogP contribution in [-0.2, 0) is 0 Å². The third-order valence-corrected chi connectivity index (χ3v) is 3.88. The van der Waals surface area contributed by atoms with Crippen LogP contribution in [0.2, 0.25) is 5.02 Å². The molecule has 1 aliphatic carbocycles. The molecule has 80 valence electrons. The molecule has 1 aromatic carbocycles. The van der Waals surface area contributed by atoms with Crippen molar-refractivity contribution in [3.63, 3.8) is 0 Å². The molecular weight excluding hydrogens is 322 g/mol. The number of hydrogen-bond donors (Lipinski definition) is 0. The molecule has 2 rings (SSSR count). The van der Waals surface area contributed by atoms with Crippen molar-refractivity contribution in [2.24, 2.45) is 5.92 Å². The third kappa shape index (κ3) is 3.18. The number of rotatable bonds is 4. The maximum atomic E-state index is 11.9. The van der Waals surface area contributed by atoms with Gasteiger partial charge in [-0.25, -0.2) is 0 Å². The van der Waals surface area contributed by atoms with Gasteiger partial charge in [-0.15, -0.1) is 0 Å². The smallest absolute Gasteiger partial charge is 0.164 e. The van der Waals surface area contributed by atoms with Crippen molar-refractivity contribution in [3.05, 3.63) is 32.4 Å². The highest BCUT2D eigenvalue weighted by Gasteiger charge is 2.22. The summed E-state index contributed by atoms with van der Waals surface area (Å²) in [7, 11) is 0. The van der Waals surface area contributed by atoms with Crippen LogP contribution in [0.25, 0.3) is 0 Å². The Labute approximate surface area is 108 Å². The van der Waals surface area contributed by atoms with E-state index in [1.54, 1.807) is 6.07 Å². The van der Waals surface area contributed by atoms with E-state index in [0.717, 1.165) is 21.5 Å². The highest BCUT2D eigenvalue weighted by molar-refractivity contribution is 14.1. The van der Waals surface area contributed by atoms with Gasteiger partial charge in [0.05, 0.1) is 0 Å². The Bertz CT molecular complexity index is 385. The van der Waals surface area contributed by atoms with Crippen LogP contribution in [0.5, 0.6) is 0 Å². The Morgan fingerprint density at radius 1 is 1.47 bits per heavy atom. The van der Waals surface area contributed by atoms with E-state index in [2.05, 4.69) is 22.6 Å². The molecule has 1 saturated carbocycles. The molecule has 3 heteroatoms. The summed E-state index contributed by atoms with van der Waals surface area (Å²) in [6, 6.07) is 5.49. The molecular formula is C12H12ClIO. The molecule has 0 heterocycles. The standard InChI is InChI=1S/C12H12ClIO/c13-9-4-5-11(14)10(7-9)12(15)6-3-8-1-2-8/h4-5,7-8H,1-3,6H2. The molecule has 0 bridgehead atoms. The number of carbonyl (C=O) groups excluding carboxylic acids is 1. The molecule has 0 unspecified atom stereocenters. The lowest BCUT2D eigenvalue weighted by Gasteiger charge is -2.03. The summed E-state index contributed by atoms with van der Waals surface area (Å²) in [6.07, 6.45) is 4.32. The van der Waals surface area contributed by atoms with Crippen LogP contribution in [0.3, 0.4) is 0 Å². The summed E-state index contributed by atoms with van der Waals surface area (Å²) < 4.78 is 0.998. The molecule has 0 radical (unpaired) electrons. The fourth-order valence-corrected chi connectivity index (χ4v) is 2.40. The van der Waals surface area contributed by atoms with Gasteiger partial charge in [-0.2, -0.15) is 0 Å². The predicted octanol–water partition coefficient (Wildman–Crippen LogP) is 4.32. The summed E-state index contributed by atoms with van der Waals surface area (Å²) in [5, 5.41) is 0.644. The second-order valence-electron chi connectivity index (χ2n) is 4.03. The zero-order valence-corrected chi connectivity index (χ0v) is 11.2. The molecule has 0 aromatic heterocycles. The molecule has 1 aliphatic rings. The molecule has 0 aliphatic heterocycles. The summed E-state index contributed by atoms with van der Waals surface area (Å²) in [5.41, 5.74) is 0.781. The lowest BCUT2D eigenvalue weighted by Crippen LogP contribution is -2.02. The first-order chi connectivity index (χ1) is 7.16. The van der Waals surface area contributed by atoms with Gasteiger partial charge in [0.1, 0.15) is 0 Å². The monoisotopic (exact) mass is 334 g/mol. The molecule has 0 saturated heterocycles. The molecule has 0 spiro atoms. The van der Waals surface area contributed by atoms with Gasteiger partial charge in [0, 0.05) is 20.6 Å². The SMILES string of the molecule is O=C(CCC1CC1)c1cc(Cl)ccc1I. The van der Waals surface area contributed by atoms with Crippen LogP contribution in [0, 0.1) is 9.49 Å². The first kappa shape index (κ1) is 11.4. The lowest BCUT2D eigenvalue weighted by molar-refractivity contribution is 0.0977. The van der Waals surface area contributed by atoms with E-state index >= 15 is 0 Å². The normalized spacial score (nSPS) is 15.3. The van der Waals surface area contributed by atoms with Gasteiger partial charge in [0.2, 0.25) is 0 Å². The number of halogens is 2. The van der Waals surface area contributed by atoms with Gasteiger partial charge in [0.15, 0.2) is 5.78 Å². The van der Waals surface area contributed by atoms with Gasteiger partial charge < -0.3 is 0 Å². The Kier molecular flexibility index (Phi) is 3.67. The number of carbonyl (C=O) groups is 1. The second kappa shape index (κ2) is 4.83. The minimum Gasteiger partial charge on any atom is -0.294 e. The molecule has 0 amide bonds. The largest absolute Gasteiger partial charge is 0.294 e. The summed E-state index contributed by atoms with van der Waals surface area (Å²) in [4.78, 5) is 11.9. The van der Waals surface area contributed by atoms with Crippen molar-refractivity contribution in [2.45, 2.75) is 25.7 Å². The van der Waals surface area contributed by atoms with Crippen molar-refractivity contribution in [2.75, 3.05) is 0 Å². The van der Waals surface area contributed by atoms with E-state index in [1.165, 1.54) is 12.8 Å². The molecule has 0 atom stereocenters. The van der Waals surface area contributed by atoms with Crippen LogP contribution in [-0.4, -0.2) is 5.78 Å². The Morgan fingerprint density at radius 2 is 2.20 bits per heavy atom. The number of ketones is 1. The predicted molar refractivity (Wildman–Crippen MR) is 70.5 cm³/mol. The fourth-order valence-electron chi connectivity index (χ4n) is 1.59. The van der Waals surface area contributed by atoms with E-state index in [4.69, 9.17) is 11.6 Å². The van der Waals surface area contributed by atoms with Gasteiger partial charge in [-0.05, 0) is 53.1 Å². The van der Waals surface area contributed by atoms with E-state index < -0.39 is 0 Å². The van der Waals surface area contributed by atoms with Crippen molar-refractivity contribution >= 4 is 40.0 Å². The average molecular weight is 335 g/mol. The third-order valence-electron chi connectivity index (χ3n) is 2.71. The highest BCUT2D eigenvalue weighted by atomic mass is 127. The van der Waals surface area contributed by atoms with Gasteiger partial charge >= 0.3 is 0 Å². The molecule has 1 nitrogen and oxygen atoms in total. The van der Waals surface area contributed by atoms with Crippen molar-refractivity contribution in [3.8, 4) is 0 Å². The van der Waals surface area contributed by atoms with E-state index in [0.29, 0.717) is 11.4 Å². The topological polar surface area (TPSA) is 17.1 Å². The zero-order chi connectivity index (χ0) is 10.8. The van der Waals surface area contributed by atoms with Crippen molar-refractivity contribution < 1.29 is 4.79 Å². The molecule has 1 aromatic rings. The van der Waals surface area contributed by atoms with Gasteiger partial charge in [0.25, 0.3) is 0 Å². The Balaban J connectivity index is 2.05. The Morgan fingerprint density at radius 3 is 2.87 bits per heavy atom. The fraction of sp³-hybridized carbons (Fsp3) is 0.417. The van der Waals surface area contributed by atoms with Gasteiger partial charge in [-0.1, -0.05) is 24.4 Å². The quantitative estimate of drug-likeness (QED) is 0.592. The van der Waals surface area contributed by atoms with E-state index in [-0.39, 0.29) is 5.78 Å². The summed E-state index contributed by atoms with van der Waals surface area (Å²) in [6.45, 7) is 0. The summed E-state index contributed by atoms with van der Waals surface area (Å²) >= 11 is 8.07. The van der Waals surface area contributed by atoms with Crippen LogP contribution in [0.15, 0.2) is 18.2 Å². The number of Topliss-reactive ketones (excluding diaryl/α,β-unsaturated/α-hetero) is 1. The maximum absolute atomic E-state index is 11.9. The van der Waals surface area contributed by atoms with Crippen molar-refractivity contribution in [1.82, 2.24) is 0 Å². The van der Waals surface area contributed by atoms with E-state index in [9.17, 15) is 4.79 Å². The lowest BCUT2D eigenvalue weighted by atomic mass is 10.1. The minimum absolute atomic E-state index is 0.230. The zero-order valence-electron chi connectivity index (χ0n) is 8.30. The highest BCUT2D eigenvalue weighted by Crippen LogP contribution is 2.34. The maximum Gasteiger partial charge on any atom is 0.164 e. The molecule has 1 fully saturated rings. The van der Waals surface area contributed by atoms with Crippen LogP contribution < -0.4 is 0 Å². The Hall–Kier alpha value is -0.0900.